The van der Waals surface area contributed by atoms with Crippen LogP contribution in [0.25, 0.3) is 0 Å². The number of thiazole rings is 1. The Balaban J connectivity index is 1.99. The summed E-state index contributed by atoms with van der Waals surface area (Å²) in [5.41, 5.74) is 0.989. The van der Waals surface area contributed by atoms with E-state index in [-0.39, 0.29) is 0 Å². The van der Waals surface area contributed by atoms with Crippen molar-refractivity contribution in [3.05, 3.63) is 38.4 Å². The second-order valence-corrected chi connectivity index (χ2v) is 5.75. The number of aryl methyl sites for hydroxylation is 2. The number of nitrogens with zero attached hydrogens (tertiary/aromatic N) is 2. The second-order valence-electron chi connectivity index (χ2n) is 3.69. The maximum Gasteiger partial charge on any atom is 0.126 e. The number of rotatable bonds is 4. The van der Waals surface area contributed by atoms with Crippen LogP contribution in [0.3, 0.4) is 0 Å². The first-order chi connectivity index (χ1) is 8.19. The van der Waals surface area contributed by atoms with Crippen molar-refractivity contribution < 1.29 is 0 Å². The molecule has 0 aromatic carbocycles. The highest BCUT2D eigenvalue weighted by molar-refractivity contribution is 9.10. The summed E-state index contributed by atoms with van der Waals surface area (Å²) in [7, 11) is 0. The van der Waals surface area contributed by atoms with Crippen molar-refractivity contribution in [3.8, 4) is 0 Å². The zero-order valence-corrected chi connectivity index (χ0v) is 12.2. The number of hydrogen-bond donors (Lipinski definition) is 1. The molecule has 0 aliphatic carbocycles. The van der Waals surface area contributed by atoms with Crippen molar-refractivity contribution in [3.63, 3.8) is 0 Å². The summed E-state index contributed by atoms with van der Waals surface area (Å²) < 4.78 is 1.03. The lowest BCUT2D eigenvalue weighted by Crippen LogP contribution is -2.01. The van der Waals surface area contributed by atoms with E-state index in [1.165, 1.54) is 4.88 Å². The molecule has 0 atom stereocenters. The number of anilines is 1. The molecule has 2 aromatic rings. The van der Waals surface area contributed by atoms with Crippen molar-refractivity contribution in [2.45, 2.75) is 26.8 Å². The van der Waals surface area contributed by atoms with E-state index in [0.29, 0.717) is 0 Å². The van der Waals surface area contributed by atoms with Gasteiger partial charge in [0.2, 0.25) is 0 Å². The summed E-state index contributed by atoms with van der Waals surface area (Å²) in [6, 6.07) is 3.97. The summed E-state index contributed by atoms with van der Waals surface area (Å²) in [6.07, 6.45) is 3.00. The van der Waals surface area contributed by atoms with Crippen molar-refractivity contribution in [1.82, 2.24) is 9.97 Å². The first kappa shape index (κ1) is 12.5. The van der Waals surface area contributed by atoms with Crippen LogP contribution in [0.2, 0.25) is 0 Å². The standard InChI is InChI=1S/C12H14BrN3S/c1-3-9-6-15-12(17-9)7-14-11-5-4-10(13)8(2)16-11/h4-6H,3,7H2,1-2H3,(H,14,16). The molecule has 0 fully saturated rings. The lowest BCUT2D eigenvalue weighted by molar-refractivity contribution is 1.06. The highest BCUT2D eigenvalue weighted by Crippen LogP contribution is 2.18. The molecule has 1 N–H and O–H groups in total. The zero-order valence-electron chi connectivity index (χ0n) is 9.83. The van der Waals surface area contributed by atoms with E-state index in [0.717, 1.165) is 34.0 Å². The van der Waals surface area contributed by atoms with Crippen LogP contribution in [0.15, 0.2) is 22.8 Å². The Bertz CT molecular complexity index is 510. The normalized spacial score (nSPS) is 10.5. The molecule has 0 bridgehead atoms. The molecule has 0 aliphatic heterocycles. The predicted molar refractivity (Wildman–Crippen MR) is 75.5 cm³/mol. The van der Waals surface area contributed by atoms with Gasteiger partial charge in [-0.3, -0.25) is 0 Å². The monoisotopic (exact) mass is 311 g/mol. The highest BCUT2D eigenvalue weighted by atomic mass is 79.9. The minimum Gasteiger partial charge on any atom is -0.364 e. The first-order valence-electron chi connectivity index (χ1n) is 5.49. The molecule has 90 valence electrons. The Morgan fingerprint density at radius 2 is 2.24 bits per heavy atom. The lowest BCUT2D eigenvalue weighted by Gasteiger charge is -2.05. The van der Waals surface area contributed by atoms with E-state index < -0.39 is 0 Å². The summed E-state index contributed by atoms with van der Waals surface area (Å²) >= 11 is 5.19. The van der Waals surface area contributed by atoms with Gasteiger partial charge < -0.3 is 5.32 Å². The van der Waals surface area contributed by atoms with E-state index in [1.807, 2.05) is 25.3 Å². The van der Waals surface area contributed by atoms with Crippen LogP contribution in [-0.2, 0) is 13.0 Å². The van der Waals surface area contributed by atoms with Crippen molar-refractivity contribution >= 4 is 33.1 Å². The fourth-order valence-electron chi connectivity index (χ4n) is 1.40. The van der Waals surface area contributed by atoms with Gasteiger partial charge in [0.1, 0.15) is 10.8 Å². The van der Waals surface area contributed by atoms with E-state index in [9.17, 15) is 0 Å². The maximum atomic E-state index is 4.43. The van der Waals surface area contributed by atoms with E-state index in [2.05, 4.69) is 38.1 Å². The summed E-state index contributed by atoms with van der Waals surface area (Å²) in [4.78, 5) is 10.1. The molecule has 2 rings (SSSR count). The second kappa shape index (κ2) is 5.60. The van der Waals surface area contributed by atoms with Crippen molar-refractivity contribution in [2.24, 2.45) is 0 Å². The minimum absolute atomic E-state index is 0.735. The van der Waals surface area contributed by atoms with Gasteiger partial charge in [-0.05, 0) is 41.4 Å². The molecular formula is C12H14BrN3S. The molecule has 5 heteroatoms. The van der Waals surface area contributed by atoms with Crippen LogP contribution >= 0.6 is 27.3 Å². The Morgan fingerprint density at radius 1 is 1.41 bits per heavy atom. The smallest absolute Gasteiger partial charge is 0.126 e. The van der Waals surface area contributed by atoms with Crippen LogP contribution in [0.1, 0.15) is 22.5 Å². The Morgan fingerprint density at radius 3 is 2.88 bits per heavy atom. The maximum absolute atomic E-state index is 4.43. The van der Waals surface area contributed by atoms with Crippen LogP contribution < -0.4 is 5.32 Å². The third-order valence-corrected chi connectivity index (χ3v) is 4.37. The topological polar surface area (TPSA) is 37.8 Å². The van der Waals surface area contributed by atoms with Crippen molar-refractivity contribution in [2.75, 3.05) is 5.32 Å². The van der Waals surface area contributed by atoms with E-state index in [4.69, 9.17) is 0 Å². The number of halogens is 1. The van der Waals surface area contributed by atoms with Crippen LogP contribution in [0.5, 0.6) is 0 Å². The Labute approximate surface area is 113 Å². The SMILES string of the molecule is CCc1cnc(CNc2ccc(Br)c(C)n2)s1. The molecular weight excluding hydrogens is 298 g/mol. The number of nitrogens with one attached hydrogen (secondary N) is 1. The minimum atomic E-state index is 0.735. The van der Waals surface area contributed by atoms with Gasteiger partial charge in [0, 0.05) is 15.5 Å². The van der Waals surface area contributed by atoms with Crippen LogP contribution in [0, 0.1) is 6.92 Å². The highest BCUT2D eigenvalue weighted by Gasteiger charge is 2.02. The molecule has 0 amide bonds. The molecule has 0 spiro atoms. The van der Waals surface area contributed by atoms with Gasteiger partial charge in [0.05, 0.1) is 12.2 Å². The van der Waals surface area contributed by atoms with Gasteiger partial charge in [-0.15, -0.1) is 11.3 Å². The van der Waals surface area contributed by atoms with Gasteiger partial charge in [-0.25, -0.2) is 9.97 Å². The summed E-state index contributed by atoms with van der Waals surface area (Å²) in [5.74, 6) is 0.888. The molecule has 2 aromatic heterocycles. The van der Waals surface area contributed by atoms with Gasteiger partial charge in [0.15, 0.2) is 0 Å². The molecule has 2 heterocycles. The molecule has 3 nitrogen and oxygen atoms in total. The molecule has 0 aliphatic rings. The van der Waals surface area contributed by atoms with Crippen LogP contribution in [-0.4, -0.2) is 9.97 Å². The lowest BCUT2D eigenvalue weighted by atomic mass is 10.4. The Kier molecular flexibility index (Phi) is 4.12. The van der Waals surface area contributed by atoms with Gasteiger partial charge in [0.25, 0.3) is 0 Å². The molecule has 0 unspecified atom stereocenters. The third kappa shape index (κ3) is 3.26. The summed E-state index contributed by atoms with van der Waals surface area (Å²) in [6.45, 7) is 4.86. The molecule has 17 heavy (non-hydrogen) atoms. The average Bonchev–Trinajstić information content (AvgIpc) is 2.79. The fourth-order valence-corrected chi connectivity index (χ4v) is 2.42. The van der Waals surface area contributed by atoms with Gasteiger partial charge in [-0.2, -0.15) is 0 Å². The predicted octanol–water partition coefficient (Wildman–Crippen LogP) is 3.78. The van der Waals surface area contributed by atoms with E-state index in [1.54, 1.807) is 11.3 Å². The van der Waals surface area contributed by atoms with Crippen molar-refractivity contribution in [1.29, 1.82) is 0 Å². The summed E-state index contributed by atoms with van der Waals surface area (Å²) in [5, 5.41) is 4.38. The van der Waals surface area contributed by atoms with E-state index >= 15 is 0 Å². The fraction of sp³-hybridized carbons (Fsp3) is 0.333. The quantitative estimate of drug-likeness (QED) is 0.933. The third-order valence-electron chi connectivity index (χ3n) is 2.39. The largest absolute Gasteiger partial charge is 0.364 e. The molecule has 0 saturated carbocycles. The number of pyridine rings is 1. The van der Waals surface area contributed by atoms with Gasteiger partial charge in [-0.1, -0.05) is 6.92 Å². The van der Waals surface area contributed by atoms with Gasteiger partial charge >= 0.3 is 0 Å². The average molecular weight is 312 g/mol. The number of aromatic nitrogens is 2. The van der Waals surface area contributed by atoms with Crippen LogP contribution in [0.4, 0.5) is 5.82 Å². The first-order valence-corrected chi connectivity index (χ1v) is 7.10. The zero-order chi connectivity index (χ0) is 12.3. The molecule has 0 radical (unpaired) electrons. The molecule has 0 saturated heterocycles. The Hall–Kier alpha value is -0.940. The number of hydrogen-bond acceptors (Lipinski definition) is 4.